The van der Waals surface area contributed by atoms with Gasteiger partial charge >= 0.3 is 0 Å². The van der Waals surface area contributed by atoms with Gasteiger partial charge in [-0.05, 0) is 19.2 Å². The Morgan fingerprint density at radius 2 is 1.15 bits per heavy atom. The molecule has 1 rings (SSSR count). The summed E-state index contributed by atoms with van der Waals surface area (Å²) in [7, 11) is 1.50. The fraction of sp³-hybridized carbons (Fsp3) is 0.455. The van der Waals surface area contributed by atoms with Crippen LogP contribution in [0.25, 0.3) is 0 Å². The Hall–Kier alpha value is -1.02. The molecule has 0 amide bonds. The lowest BCUT2D eigenvalue weighted by Crippen LogP contribution is -1.69. The molecule has 0 heterocycles. The monoisotopic (exact) mass is 185 g/mol. The second-order valence-electron chi connectivity index (χ2n) is 1.34. The number of aromatic hydroxyl groups is 1. The first-order valence-corrected chi connectivity index (χ1v) is 4.71. The van der Waals surface area contributed by atoms with Gasteiger partial charge in [-0.3, -0.25) is 0 Å². The Balaban J connectivity index is -0.000000144. The number of hydrogen-bond donors (Lipinski definition) is 2. The summed E-state index contributed by atoms with van der Waals surface area (Å²) >= 11 is 0. The molecule has 0 spiro atoms. The highest BCUT2D eigenvalue weighted by molar-refractivity contribution is 5.18. The number of phenolic OH excluding ortho intramolecular Hbond substituents is 1. The van der Waals surface area contributed by atoms with Crippen LogP contribution in [0.3, 0.4) is 0 Å². The largest absolute Gasteiger partial charge is 0.508 e. The van der Waals surface area contributed by atoms with Crippen molar-refractivity contribution in [2.24, 2.45) is 5.73 Å². The predicted octanol–water partition coefficient (Wildman–Crippen LogP) is 3.02. The lowest BCUT2D eigenvalue weighted by molar-refractivity contribution is 0.475. The van der Waals surface area contributed by atoms with E-state index >= 15 is 0 Å². The van der Waals surface area contributed by atoms with Crippen LogP contribution in [-0.4, -0.2) is 12.2 Å². The molecule has 0 fully saturated rings. The van der Waals surface area contributed by atoms with Gasteiger partial charge in [-0.1, -0.05) is 45.9 Å². The molecule has 0 radical (unpaired) electrons. The minimum absolute atomic E-state index is 0.322. The fourth-order valence-electron chi connectivity index (χ4n) is 0.428. The van der Waals surface area contributed by atoms with Crippen molar-refractivity contribution in [2.45, 2.75) is 27.7 Å². The van der Waals surface area contributed by atoms with E-state index in [2.05, 4.69) is 5.73 Å². The van der Waals surface area contributed by atoms with E-state index in [4.69, 9.17) is 5.11 Å². The quantitative estimate of drug-likeness (QED) is 0.652. The van der Waals surface area contributed by atoms with Crippen molar-refractivity contribution in [1.82, 2.24) is 0 Å². The number of para-hydroxylation sites is 1. The van der Waals surface area contributed by atoms with Gasteiger partial charge in [-0.25, -0.2) is 0 Å². The molecule has 0 aliphatic heterocycles. The molecule has 3 N–H and O–H groups in total. The molecule has 0 bridgehead atoms. The zero-order chi connectivity index (χ0) is 11.1. The predicted molar refractivity (Wildman–Crippen MR) is 60.9 cm³/mol. The molecule has 0 unspecified atom stereocenters. The number of benzene rings is 1. The van der Waals surface area contributed by atoms with Gasteiger partial charge in [0.2, 0.25) is 0 Å². The average Bonchev–Trinajstić information content (AvgIpc) is 2.28. The van der Waals surface area contributed by atoms with Gasteiger partial charge in [-0.15, -0.1) is 0 Å². The van der Waals surface area contributed by atoms with Crippen LogP contribution in [-0.2, 0) is 0 Å². The van der Waals surface area contributed by atoms with E-state index in [0.717, 1.165) is 0 Å². The van der Waals surface area contributed by atoms with Crippen molar-refractivity contribution >= 4 is 0 Å². The molecule has 2 nitrogen and oxygen atoms in total. The summed E-state index contributed by atoms with van der Waals surface area (Å²) in [6, 6.07) is 8.71. The molecule has 0 aliphatic rings. The van der Waals surface area contributed by atoms with Gasteiger partial charge in [0.15, 0.2) is 0 Å². The molecule has 1 aromatic carbocycles. The van der Waals surface area contributed by atoms with Crippen LogP contribution in [0.1, 0.15) is 27.7 Å². The van der Waals surface area contributed by atoms with E-state index in [0.29, 0.717) is 5.75 Å². The molecule has 0 saturated carbocycles. The van der Waals surface area contributed by atoms with Crippen molar-refractivity contribution in [2.75, 3.05) is 7.05 Å². The maximum atomic E-state index is 8.63. The molecular weight excluding hydrogens is 162 g/mol. The number of rotatable bonds is 0. The van der Waals surface area contributed by atoms with Crippen LogP contribution >= 0.6 is 0 Å². The summed E-state index contributed by atoms with van der Waals surface area (Å²) in [5.74, 6) is 0.322. The summed E-state index contributed by atoms with van der Waals surface area (Å²) in [5, 5.41) is 8.63. The van der Waals surface area contributed by atoms with Crippen LogP contribution < -0.4 is 5.73 Å². The Morgan fingerprint density at radius 3 is 1.31 bits per heavy atom. The van der Waals surface area contributed by atoms with Crippen molar-refractivity contribution in [3.63, 3.8) is 0 Å². The molecule has 78 valence electrons. The van der Waals surface area contributed by atoms with Gasteiger partial charge in [0.25, 0.3) is 0 Å². The van der Waals surface area contributed by atoms with Crippen LogP contribution in [0.5, 0.6) is 5.75 Å². The van der Waals surface area contributed by atoms with Crippen LogP contribution in [0.2, 0.25) is 0 Å². The van der Waals surface area contributed by atoms with Crippen molar-refractivity contribution in [3.05, 3.63) is 30.3 Å². The minimum Gasteiger partial charge on any atom is -0.508 e. The van der Waals surface area contributed by atoms with E-state index in [9.17, 15) is 0 Å². The molecule has 0 aliphatic carbocycles. The van der Waals surface area contributed by atoms with Crippen LogP contribution in [0.4, 0.5) is 0 Å². The first-order valence-electron chi connectivity index (χ1n) is 4.71. The lowest BCUT2D eigenvalue weighted by atomic mass is 10.3. The van der Waals surface area contributed by atoms with E-state index in [1.807, 2.05) is 33.8 Å². The third-order valence-corrected chi connectivity index (χ3v) is 0.756. The number of hydrogen-bond acceptors (Lipinski definition) is 2. The molecule has 1 aromatic rings. The third-order valence-electron chi connectivity index (χ3n) is 0.756. The number of phenols is 1. The van der Waals surface area contributed by atoms with Gasteiger partial charge in [0, 0.05) is 0 Å². The van der Waals surface area contributed by atoms with Gasteiger partial charge in [0.05, 0.1) is 0 Å². The summed E-state index contributed by atoms with van der Waals surface area (Å²) in [4.78, 5) is 0. The summed E-state index contributed by atoms with van der Waals surface area (Å²) < 4.78 is 0. The zero-order valence-electron chi connectivity index (χ0n) is 9.41. The summed E-state index contributed by atoms with van der Waals surface area (Å²) in [5.41, 5.74) is 4.50. The number of nitrogens with two attached hydrogens (primary N) is 1. The highest BCUT2D eigenvalue weighted by Crippen LogP contribution is 2.02. The fourth-order valence-corrected chi connectivity index (χ4v) is 0.428. The topological polar surface area (TPSA) is 46.2 Å². The second kappa shape index (κ2) is 22.4. The zero-order valence-corrected chi connectivity index (χ0v) is 9.41. The van der Waals surface area contributed by atoms with Gasteiger partial charge in [0.1, 0.15) is 5.75 Å². The standard InChI is InChI=1S/C6H6O.2C2H6.CH5N/c7-6-4-2-1-3-5-6;3*1-2/h1-5,7H;2*1-2H3;2H2,1H3. The summed E-state index contributed by atoms with van der Waals surface area (Å²) in [6.07, 6.45) is 0. The maximum Gasteiger partial charge on any atom is 0.115 e. The minimum atomic E-state index is 0.322. The van der Waals surface area contributed by atoms with Gasteiger partial charge in [-0.2, -0.15) is 0 Å². The van der Waals surface area contributed by atoms with Crippen molar-refractivity contribution in [3.8, 4) is 5.75 Å². The Bertz CT molecular complexity index is 140. The Kier molecular flexibility index (Phi) is 30.9. The molecule has 0 saturated heterocycles. The first kappa shape index (κ1) is 17.9. The van der Waals surface area contributed by atoms with E-state index in [-0.39, 0.29) is 0 Å². The Labute approximate surface area is 82.4 Å². The van der Waals surface area contributed by atoms with Crippen molar-refractivity contribution in [1.29, 1.82) is 0 Å². The summed E-state index contributed by atoms with van der Waals surface area (Å²) in [6.45, 7) is 8.00. The molecule has 2 heteroatoms. The van der Waals surface area contributed by atoms with Crippen molar-refractivity contribution < 1.29 is 5.11 Å². The Morgan fingerprint density at radius 1 is 0.846 bits per heavy atom. The van der Waals surface area contributed by atoms with E-state index in [1.54, 1.807) is 24.3 Å². The molecule has 0 aromatic heterocycles. The third kappa shape index (κ3) is 18.2. The average molecular weight is 185 g/mol. The highest BCUT2D eigenvalue weighted by atomic mass is 16.3. The smallest absolute Gasteiger partial charge is 0.115 e. The molecule has 13 heavy (non-hydrogen) atoms. The van der Waals surface area contributed by atoms with Gasteiger partial charge < -0.3 is 10.8 Å². The van der Waals surface area contributed by atoms with E-state index in [1.165, 1.54) is 7.05 Å². The van der Waals surface area contributed by atoms with Crippen LogP contribution in [0.15, 0.2) is 30.3 Å². The molecular formula is C11H23NO. The first-order chi connectivity index (χ1) is 6.39. The van der Waals surface area contributed by atoms with E-state index < -0.39 is 0 Å². The maximum absolute atomic E-state index is 8.63. The second-order valence-corrected chi connectivity index (χ2v) is 1.34. The van der Waals surface area contributed by atoms with Crippen LogP contribution in [0, 0.1) is 0 Å². The SMILES string of the molecule is CC.CC.CN.Oc1ccccc1. The highest BCUT2D eigenvalue weighted by Gasteiger charge is 1.74. The lowest BCUT2D eigenvalue weighted by Gasteiger charge is -1.82. The molecule has 0 atom stereocenters. The normalized spacial score (nSPS) is 6.00.